The highest BCUT2D eigenvalue weighted by Crippen LogP contribution is 2.28. The number of nitrogens with one attached hydrogen (secondary N) is 1. The smallest absolute Gasteiger partial charge is 0.327 e. The number of halogens is 3. The van der Waals surface area contributed by atoms with Crippen LogP contribution in [0.15, 0.2) is 12.1 Å². The van der Waals surface area contributed by atoms with Crippen molar-refractivity contribution in [2.24, 2.45) is 0 Å². The van der Waals surface area contributed by atoms with Crippen LogP contribution < -0.4 is 5.32 Å². The number of carbonyl (C=O) groups is 2. The summed E-state index contributed by atoms with van der Waals surface area (Å²) in [6, 6.07) is -0.347. The number of urea groups is 1. The monoisotopic (exact) mass is 322 g/mol. The van der Waals surface area contributed by atoms with Gasteiger partial charge in [-0.15, -0.1) is 11.8 Å². The molecule has 1 aliphatic heterocycles. The summed E-state index contributed by atoms with van der Waals surface area (Å²) >= 11 is 6.92. The number of carbonyl (C=O) groups excluding carboxylic acids is 1. The molecule has 1 aliphatic rings. The molecule has 1 heterocycles. The van der Waals surface area contributed by atoms with Gasteiger partial charge in [0.15, 0.2) is 5.82 Å². The van der Waals surface area contributed by atoms with Crippen molar-refractivity contribution in [2.45, 2.75) is 6.04 Å². The summed E-state index contributed by atoms with van der Waals surface area (Å²) in [5, 5.41) is 10.8. The molecule has 0 saturated carbocycles. The number of thioether (sulfide) groups is 1. The Hall–Kier alpha value is -1.54. The summed E-state index contributed by atoms with van der Waals surface area (Å²) in [5.74, 6) is -2.62. The molecule has 0 aromatic heterocycles. The number of anilines is 1. The van der Waals surface area contributed by atoms with E-state index in [9.17, 15) is 18.4 Å². The van der Waals surface area contributed by atoms with Gasteiger partial charge in [-0.25, -0.2) is 18.4 Å². The summed E-state index contributed by atoms with van der Waals surface area (Å²) in [6.45, 7) is 0. The molecule has 1 atom stereocenters. The summed E-state index contributed by atoms with van der Waals surface area (Å²) < 4.78 is 26.4. The Morgan fingerprint density at radius 1 is 1.45 bits per heavy atom. The lowest BCUT2D eigenvalue weighted by molar-refractivity contribution is -0.140. The Kier molecular flexibility index (Phi) is 4.34. The number of carboxylic acids is 1. The number of amides is 2. The standard InChI is InChI=1S/C11H9ClF2N2O3S/c12-6-1-5(13)2-7(14)9(6)15-11(19)16-4-20-3-8(16)10(17)18/h1-2,8H,3-4H2,(H,15,19)(H,17,18). The van der Waals surface area contributed by atoms with E-state index >= 15 is 0 Å². The van der Waals surface area contributed by atoms with Crippen LogP contribution in [-0.2, 0) is 4.79 Å². The first kappa shape index (κ1) is 14.9. The molecule has 1 saturated heterocycles. The Balaban J connectivity index is 2.18. The van der Waals surface area contributed by atoms with Crippen molar-refractivity contribution >= 4 is 41.1 Å². The molecule has 0 spiro atoms. The first-order valence-electron chi connectivity index (χ1n) is 5.43. The minimum Gasteiger partial charge on any atom is -0.480 e. The van der Waals surface area contributed by atoms with Crippen LogP contribution >= 0.6 is 23.4 Å². The lowest BCUT2D eigenvalue weighted by Crippen LogP contribution is -2.44. The maximum atomic E-state index is 13.5. The third-order valence-corrected chi connectivity index (χ3v) is 3.98. The fourth-order valence-electron chi connectivity index (χ4n) is 1.69. The number of hydrogen-bond donors (Lipinski definition) is 2. The van der Waals surface area contributed by atoms with Crippen molar-refractivity contribution in [1.29, 1.82) is 0 Å². The predicted octanol–water partition coefficient (Wildman–Crippen LogP) is 2.61. The first-order valence-corrected chi connectivity index (χ1v) is 6.96. The third kappa shape index (κ3) is 2.96. The molecule has 2 rings (SSSR count). The first-order chi connectivity index (χ1) is 9.40. The van der Waals surface area contributed by atoms with Gasteiger partial charge in [0.05, 0.1) is 16.6 Å². The van der Waals surface area contributed by atoms with E-state index < -0.39 is 29.7 Å². The van der Waals surface area contributed by atoms with Crippen LogP contribution in [0.5, 0.6) is 0 Å². The van der Waals surface area contributed by atoms with Gasteiger partial charge < -0.3 is 15.3 Å². The molecular formula is C11H9ClF2N2O3S. The number of aliphatic carboxylic acids is 1. The van der Waals surface area contributed by atoms with E-state index in [-0.39, 0.29) is 22.3 Å². The van der Waals surface area contributed by atoms with E-state index in [1.165, 1.54) is 11.8 Å². The van der Waals surface area contributed by atoms with Crippen molar-refractivity contribution in [3.8, 4) is 0 Å². The summed E-state index contributed by atoms with van der Waals surface area (Å²) in [7, 11) is 0. The number of hydrogen-bond acceptors (Lipinski definition) is 3. The molecule has 20 heavy (non-hydrogen) atoms. The largest absolute Gasteiger partial charge is 0.480 e. The zero-order valence-electron chi connectivity index (χ0n) is 9.90. The molecule has 0 bridgehead atoms. The maximum Gasteiger partial charge on any atom is 0.327 e. The fourth-order valence-corrected chi connectivity index (χ4v) is 3.07. The second kappa shape index (κ2) is 5.84. The topological polar surface area (TPSA) is 69.6 Å². The molecule has 1 aromatic rings. The quantitative estimate of drug-likeness (QED) is 0.878. The van der Waals surface area contributed by atoms with Gasteiger partial charge in [0, 0.05) is 11.8 Å². The van der Waals surface area contributed by atoms with Gasteiger partial charge in [-0.3, -0.25) is 0 Å². The minimum atomic E-state index is -1.14. The van der Waals surface area contributed by atoms with E-state index in [0.29, 0.717) is 6.07 Å². The molecule has 5 nitrogen and oxygen atoms in total. The van der Waals surface area contributed by atoms with Crippen LogP contribution in [0.3, 0.4) is 0 Å². The van der Waals surface area contributed by atoms with Crippen molar-refractivity contribution in [2.75, 3.05) is 16.9 Å². The van der Waals surface area contributed by atoms with Crippen LogP contribution in [0.2, 0.25) is 5.02 Å². The van der Waals surface area contributed by atoms with E-state index in [0.717, 1.165) is 11.0 Å². The molecule has 1 unspecified atom stereocenters. The highest BCUT2D eigenvalue weighted by atomic mass is 35.5. The fraction of sp³-hybridized carbons (Fsp3) is 0.273. The number of benzene rings is 1. The van der Waals surface area contributed by atoms with Gasteiger partial charge in [0.25, 0.3) is 0 Å². The maximum absolute atomic E-state index is 13.5. The molecular weight excluding hydrogens is 314 g/mol. The van der Waals surface area contributed by atoms with E-state index in [1.807, 2.05) is 0 Å². The normalized spacial score (nSPS) is 18.1. The Morgan fingerprint density at radius 3 is 2.75 bits per heavy atom. The lowest BCUT2D eigenvalue weighted by atomic mass is 10.3. The van der Waals surface area contributed by atoms with Crippen LogP contribution in [0.1, 0.15) is 0 Å². The van der Waals surface area contributed by atoms with Crippen LogP contribution in [-0.4, -0.2) is 39.7 Å². The van der Waals surface area contributed by atoms with Crippen molar-refractivity contribution in [3.63, 3.8) is 0 Å². The van der Waals surface area contributed by atoms with E-state index in [2.05, 4.69) is 5.32 Å². The van der Waals surface area contributed by atoms with E-state index in [4.69, 9.17) is 16.7 Å². The Labute approximate surface area is 121 Å². The zero-order valence-corrected chi connectivity index (χ0v) is 11.5. The Bertz CT molecular complexity index is 550. The average Bonchev–Trinajstić information content (AvgIpc) is 2.82. The summed E-state index contributed by atoms with van der Waals surface area (Å²) in [5.41, 5.74) is -0.376. The molecule has 9 heteroatoms. The van der Waals surface area contributed by atoms with Gasteiger partial charge in [-0.1, -0.05) is 11.6 Å². The second-order valence-electron chi connectivity index (χ2n) is 4.00. The molecule has 2 N–H and O–H groups in total. The third-order valence-electron chi connectivity index (χ3n) is 2.67. The molecule has 0 aliphatic carbocycles. The average molecular weight is 323 g/mol. The van der Waals surface area contributed by atoms with Crippen molar-refractivity contribution < 1.29 is 23.5 Å². The number of rotatable bonds is 2. The zero-order chi connectivity index (χ0) is 14.9. The van der Waals surface area contributed by atoms with Crippen molar-refractivity contribution in [3.05, 3.63) is 28.8 Å². The molecule has 0 radical (unpaired) electrons. The molecule has 1 aromatic carbocycles. The highest BCUT2D eigenvalue weighted by molar-refractivity contribution is 7.99. The van der Waals surface area contributed by atoms with Crippen LogP contribution in [0.4, 0.5) is 19.3 Å². The van der Waals surface area contributed by atoms with Gasteiger partial charge in [0.2, 0.25) is 0 Å². The molecule has 108 valence electrons. The summed E-state index contributed by atoms with van der Waals surface area (Å²) in [6.07, 6.45) is 0. The van der Waals surface area contributed by atoms with Crippen LogP contribution in [0.25, 0.3) is 0 Å². The van der Waals surface area contributed by atoms with E-state index in [1.54, 1.807) is 0 Å². The molecule has 2 amide bonds. The van der Waals surface area contributed by atoms with Crippen molar-refractivity contribution in [1.82, 2.24) is 4.90 Å². The van der Waals surface area contributed by atoms with Gasteiger partial charge in [-0.2, -0.15) is 0 Å². The van der Waals surface area contributed by atoms with Gasteiger partial charge in [-0.05, 0) is 6.07 Å². The molecule has 1 fully saturated rings. The van der Waals surface area contributed by atoms with Gasteiger partial charge >= 0.3 is 12.0 Å². The van der Waals surface area contributed by atoms with Gasteiger partial charge in [0.1, 0.15) is 11.9 Å². The number of carboxylic acid groups (broad SMARTS) is 1. The highest BCUT2D eigenvalue weighted by Gasteiger charge is 2.35. The SMILES string of the molecule is O=C(O)C1CSCN1C(=O)Nc1c(F)cc(F)cc1Cl. The van der Waals surface area contributed by atoms with Crippen LogP contribution in [0, 0.1) is 11.6 Å². The minimum absolute atomic E-state index is 0.170. The lowest BCUT2D eigenvalue weighted by Gasteiger charge is -2.21. The Morgan fingerprint density at radius 2 is 2.15 bits per heavy atom. The summed E-state index contributed by atoms with van der Waals surface area (Å²) in [4.78, 5) is 23.9. The predicted molar refractivity (Wildman–Crippen MR) is 71.0 cm³/mol. The second-order valence-corrected chi connectivity index (χ2v) is 5.41. The number of nitrogens with zero attached hydrogens (tertiary/aromatic N) is 1.